The van der Waals surface area contributed by atoms with E-state index < -0.39 is 0 Å². The van der Waals surface area contributed by atoms with E-state index in [0.29, 0.717) is 11.5 Å². The first-order valence-electron chi connectivity index (χ1n) is 4.83. The second-order valence-electron chi connectivity index (χ2n) is 4.93. The zero-order valence-corrected chi connectivity index (χ0v) is 8.72. The lowest BCUT2D eigenvalue weighted by molar-refractivity contribution is 0.327. The minimum absolute atomic E-state index is 0.380. The molecule has 3 nitrogen and oxygen atoms in total. The number of nitrogens with zero attached hydrogens (tertiary/aromatic N) is 1. The van der Waals surface area contributed by atoms with Gasteiger partial charge in [-0.25, -0.2) is 5.53 Å². The van der Waals surface area contributed by atoms with Crippen molar-refractivity contribution in [2.24, 2.45) is 10.5 Å². The molecule has 1 aliphatic rings. The number of hydrogen-bond donors (Lipinski definition) is 2. The van der Waals surface area contributed by atoms with E-state index in [9.17, 15) is 0 Å². The van der Waals surface area contributed by atoms with Crippen molar-refractivity contribution in [2.45, 2.75) is 46.1 Å². The first-order chi connectivity index (χ1) is 6.01. The molecule has 0 aromatic carbocycles. The lowest BCUT2D eigenvalue weighted by Gasteiger charge is -2.23. The summed E-state index contributed by atoms with van der Waals surface area (Å²) < 4.78 is 0. The Balaban J connectivity index is 2.42. The van der Waals surface area contributed by atoms with Gasteiger partial charge in [0.05, 0.1) is 6.20 Å². The van der Waals surface area contributed by atoms with Crippen LogP contribution in [0, 0.1) is 10.9 Å². The Bertz CT molecular complexity index is 213. The van der Waals surface area contributed by atoms with Gasteiger partial charge in [0.1, 0.15) is 0 Å². The monoisotopic (exact) mass is 181 g/mol. The fourth-order valence-corrected chi connectivity index (χ4v) is 1.81. The molecule has 74 valence electrons. The number of allylic oxidation sites excluding steroid dienone is 1. The average molecular weight is 181 g/mol. The van der Waals surface area contributed by atoms with Crippen LogP contribution in [-0.2, 0) is 0 Å². The van der Waals surface area contributed by atoms with E-state index in [2.05, 4.69) is 31.2 Å². The molecule has 13 heavy (non-hydrogen) atoms. The minimum Gasteiger partial charge on any atom is -0.384 e. The Labute approximate surface area is 80.1 Å². The Morgan fingerprint density at radius 2 is 2.31 bits per heavy atom. The van der Waals surface area contributed by atoms with Crippen LogP contribution in [0.2, 0.25) is 0 Å². The second kappa shape index (κ2) is 3.90. The van der Waals surface area contributed by atoms with Crippen LogP contribution >= 0.6 is 0 Å². The van der Waals surface area contributed by atoms with Crippen molar-refractivity contribution in [2.75, 3.05) is 0 Å². The van der Waals surface area contributed by atoms with Crippen LogP contribution in [0.4, 0.5) is 0 Å². The Morgan fingerprint density at radius 3 is 2.85 bits per heavy atom. The summed E-state index contributed by atoms with van der Waals surface area (Å²) in [5, 5.41) is 6.67. The molecule has 0 amide bonds. The molecule has 1 unspecified atom stereocenters. The molecule has 0 aliphatic carbocycles. The summed E-state index contributed by atoms with van der Waals surface area (Å²) in [6, 6.07) is 0.577. The van der Waals surface area contributed by atoms with Crippen molar-refractivity contribution >= 4 is 0 Å². The molecule has 1 aliphatic heterocycles. The first-order valence-corrected chi connectivity index (χ1v) is 4.83. The molecule has 1 fully saturated rings. The highest BCUT2D eigenvalue weighted by Gasteiger charge is 2.23. The molecule has 0 saturated carbocycles. The predicted molar refractivity (Wildman–Crippen MR) is 53.5 cm³/mol. The maximum atomic E-state index is 6.72. The summed E-state index contributed by atoms with van der Waals surface area (Å²) in [5.41, 5.74) is 8.22. The normalized spacial score (nSPS) is 26.1. The molecule has 1 heterocycles. The lowest BCUT2D eigenvalue weighted by atomic mass is 9.88. The summed E-state index contributed by atoms with van der Waals surface area (Å²) >= 11 is 0. The van der Waals surface area contributed by atoms with E-state index in [-0.39, 0.29) is 0 Å². The summed E-state index contributed by atoms with van der Waals surface area (Å²) in [7, 11) is 0. The van der Waals surface area contributed by atoms with Crippen molar-refractivity contribution in [1.82, 2.24) is 5.32 Å². The molecule has 1 atom stereocenters. The largest absolute Gasteiger partial charge is 0.384 e. The Kier molecular flexibility index (Phi) is 3.07. The Hall–Kier alpha value is -0.860. The van der Waals surface area contributed by atoms with Gasteiger partial charge in [-0.15, -0.1) is 0 Å². The minimum atomic E-state index is 0.380. The smallest absolute Gasteiger partial charge is 0.0678 e. The zero-order chi connectivity index (χ0) is 9.90. The van der Waals surface area contributed by atoms with E-state index in [1.165, 1.54) is 12.8 Å². The highest BCUT2D eigenvalue weighted by atomic mass is 15.0. The van der Waals surface area contributed by atoms with E-state index in [4.69, 9.17) is 5.53 Å². The molecular formula is C10H19N3. The van der Waals surface area contributed by atoms with Gasteiger partial charge in [-0.3, -0.25) is 0 Å². The fraction of sp³-hybridized carbons (Fsp3) is 0.800. The summed E-state index contributed by atoms with van der Waals surface area (Å²) in [4.78, 5) is 0. The van der Waals surface area contributed by atoms with Crippen molar-refractivity contribution in [3.63, 3.8) is 0 Å². The van der Waals surface area contributed by atoms with Gasteiger partial charge in [0.15, 0.2) is 0 Å². The van der Waals surface area contributed by atoms with E-state index in [1.807, 2.05) is 0 Å². The third kappa shape index (κ3) is 3.57. The molecule has 0 bridgehead atoms. The predicted octanol–water partition coefficient (Wildman–Crippen LogP) is 3.05. The topological polar surface area (TPSA) is 48.2 Å². The number of hydrogen-bond acceptors (Lipinski definition) is 3. The van der Waals surface area contributed by atoms with Crippen LogP contribution in [0.25, 0.3) is 0 Å². The maximum absolute atomic E-state index is 6.72. The van der Waals surface area contributed by atoms with Crippen molar-refractivity contribution in [1.29, 1.82) is 5.53 Å². The molecule has 0 spiro atoms. The first kappa shape index (κ1) is 10.2. The van der Waals surface area contributed by atoms with E-state index in [0.717, 1.165) is 12.1 Å². The molecule has 1 rings (SSSR count). The van der Waals surface area contributed by atoms with Gasteiger partial charge in [-0.2, -0.15) is 5.11 Å². The third-order valence-electron chi connectivity index (χ3n) is 2.23. The third-order valence-corrected chi connectivity index (χ3v) is 2.23. The van der Waals surface area contributed by atoms with Crippen LogP contribution in [0.1, 0.15) is 40.0 Å². The molecule has 0 radical (unpaired) electrons. The van der Waals surface area contributed by atoms with Gasteiger partial charge in [0.2, 0.25) is 0 Å². The van der Waals surface area contributed by atoms with Gasteiger partial charge in [-0.1, -0.05) is 20.8 Å². The highest BCUT2D eigenvalue weighted by Crippen LogP contribution is 2.27. The van der Waals surface area contributed by atoms with Crippen LogP contribution in [0.15, 0.2) is 17.0 Å². The summed E-state index contributed by atoms with van der Waals surface area (Å²) in [6.45, 7) is 6.77. The van der Waals surface area contributed by atoms with Gasteiger partial charge >= 0.3 is 0 Å². The number of nitrogens with one attached hydrogen (secondary N) is 2. The Morgan fingerprint density at radius 1 is 1.62 bits per heavy atom. The van der Waals surface area contributed by atoms with Gasteiger partial charge in [0.25, 0.3) is 0 Å². The average Bonchev–Trinajstić information content (AvgIpc) is 2.33. The van der Waals surface area contributed by atoms with Gasteiger partial charge in [0, 0.05) is 11.7 Å². The van der Waals surface area contributed by atoms with Crippen molar-refractivity contribution < 1.29 is 0 Å². The van der Waals surface area contributed by atoms with E-state index in [1.54, 1.807) is 6.20 Å². The molecule has 0 aromatic rings. The van der Waals surface area contributed by atoms with E-state index >= 15 is 0 Å². The lowest BCUT2D eigenvalue weighted by Crippen LogP contribution is -2.25. The summed E-state index contributed by atoms with van der Waals surface area (Å²) in [5.74, 6) is 0. The molecule has 0 aromatic heterocycles. The molecule has 2 N–H and O–H groups in total. The molecule has 1 saturated heterocycles. The van der Waals surface area contributed by atoms with Gasteiger partial charge < -0.3 is 5.32 Å². The van der Waals surface area contributed by atoms with Crippen molar-refractivity contribution in [3.05, 3.63) is 11.9 Å². The van der Waals surface area contributed by atoms with Crippen molar-refractivity contribution in [3.8, 4) is 0 Å². The van der Waals surface area contributed by atoms with Crippen LogP contribution in [-0.4, -0.2) is 6.04 Å². The van der Waals surface area contributed by atoms with Crippen LogP contribution in [0.5, 0.6) is 0 Å². The standard InChI is InChI=1S/C10H19N3/c1-10(2,3)6-8-4-5-9(13-8)7-12-11/h7-8,11,13H,4-6H2,1-3H3/b9-7-,12-11?. The van der Waals surface area contributed by atoms with Gasteiger partial charge in [-0.05, 0) is 24.7 Å². The molecule has 3 heteroatoms. The quantitative estimate of drug-likeness (QED) is 0.632. The van der Waals surface area contributed by atoms with Crippen LogP contribution in [0.3, 0.4) is 0 Å². The SMILES string of the molecule is CC(C)(C)CC1CC/C(=C/N=N)N1. The maximum Gasteiger partial charge on any atom is 0.0678 e. The zero-order valence-electron chi connectivity index (χ0n) is 8.72. The fourth-order valence-electron chi connectivity index (χ4n) is 1.81. The second-order valence-corrected chi connectivity index (χ2v) is 4.93. The molecular weight excluding hydrogens is 162 g/mol. The number of rotatable bonds is 2. The highest BCUT2D eigenvalue weighted by molar-refractivity contribution is 5.06. The summed E-state index contributed by atoms with van der Waals surface area (Å²) in [6.07, 6.45) is 5.02. The van der Waals surface area contributed by atoms with Crippen LogP contribution < -0.4 is 5.32 Å².